The summed E-state index contributed by atoms with van der Waals surface area (Å²) in [7, 11) is 1.53. The van der Waals surface area contributed by atoms with Crippen LogP contribution in [0.1, 0.15) is 34.1 Å². The van der Waals surface area contributed by atoms with Crippen molar-refractivity contribution in [1.29, 1.82) is 0 Å². The SMILES string of the molecule is COC(C)(C)C(=O)Nc1ccc(OCCN2CC(C)CC(C)C2)cc1. The first kappa shape index (κ1) is 19.7. The Hall–Kier alpha value is -1.59. The third-order valence-corrected chi connectivity index (χ3v) is 4.79. The molecule has 1 amide bonds. The normalized spacial score (nSPS) is 21.8. The van der Waals surface area contributed by atoms with Gasteiger partial charge in [0.2, 0.25) is 0 Å². The number of carbonyl (C=O) groups is 1. The van der Waals surface area contributed by atoms with Crippen LogP contribution in [0.15, 0.2) is 24.3 Å². The molecule has 2 atom stereocenters. The highest BCUT2D eigenvalue weighted by molar-refractivity contribution is 5.96. The van der Waals surface area contributed by atoms with Crippen molar-refractivity contribution in [3.8, 4) is 5.75 Å². The molecule has 1 aliphatic rings. The van der Waals surface area contributed by atoms with Crippen LogP contribution in [-0.4, -0.2) is 49.8 Å². The number of ether oxygens (including phenoxy) is 2. The van der Waals surface area contributed by atoms with Gasteiger partial charge in [-0.05, 0) is 56.4 Å². The standard InChI is InChI=1S/C20H32N2O3/c1-15-12-16(2)14-22(13-15)10-11-25-18-8-6-17(7-9-18)21-19(23)20(3,4)24-5/h6-9,15-16H,10-14H2,1-5H3,(H,21,23). The van der Waals surface area contributed by atoms with Crippen molar-refractivity contribution in [2.45, 2.75) is 39.7 Å². The zero-order valence-corrected chi connectivity index (χ0v) is 16.2. The fourth-order valence-electron chi connectivity index (χ4n) is 3.28. The summed E-state index contributed by atoms with van der Waals surface area (Å²) in [5.41, 5.74) is -0.112. The monoisotopic (exact) mass is 348 g/mol. The Morgan fingerprint density at radius 3 is 2.36 bits per heavy atom. The number of nitrogens with one attached hydrogen (secondary N) is 1. The molecular formula is C20H32N2O3. The summed E-state index contributed by atoms with van der Waals surface area (Å²) in [6.07, 6.45) is 1.32. The molecule has 25 heavy (non-hydrogen) atoms. The summed E-state index contributed by atoms with van der Waals surface area (Å²) in [5.74, 6) is 2.19. The molecule has 0 aromatic heterocycles. The van der Waals surface area contributed by atoms with Gasteiger partial charge in [0.05, 0.1) is 0 Å². The van der Waals surface area contributed by atoms with E-state index in [-0.39, 0.29) is 5.91 Å². The Morgan fingerprint density at radius 2 is 1.80 bits per heavy atom. The van der Waals surface area contributed by atoms with Crippen LogP contribution in [0, 0.1) is 11.8 Å². The van der Waals surface area contributed by atoms with Gasteiger partial charge in [0.25, 0.3) is 5.91 Å². The minimum Gasteiger partial charge on any atom is -0.492 e. The van der Waals surface area contributed by atoms with E-state index in [9.17, 15) is 4.79 Å². The van der Waals surface area contributed by atoms with Crippen molar-refractivity contribution >= 4 is 11.6 Å². The number of hydrogen-bond acceptors (Lipinski definition) is 4. The largest absolute Gasteiger partial charge is 0.492 e. The molecule has 5 nitrogen and oxygen atoms in total. The van der Waals surface area contributed by atoms with Gasteiger partial charge < -0.3 is 14.8 Å². The maximum atomic E-state index is 12.1. The molecule has 5 heteroatoms. The molecule has 2 unspecified atom stereocenters. The zero-order valence-electron chi connectivity index (χ0n) is 16.2. The van der Waals surface area contributed by atoms with Crippen LogP contribution in [0.25, 0.3) is 0 Å². The molecule has 1 fully saturated rings. The number of rotatable bonds is 7. The number of amides is 1. The number of piperidine rings is 1. The predicted octanol–water partition coefficient (Wildman–Crippen LogP) is 3.41. The molecular weight excluding hydrogens is 316 g/mol. The smallest absolute Gasteiger partial charge is 0.256 e. The number of anilines is 1. The highest BCUT2D eigenvalue weighted by Crippen LogP contribution is 2.21. The first-order valence-corrected chi connectivity index (χ1v) is 9.12. The third-order valence-electron chi connectivity index (χ3n) is 4.79. The number of hydrogen-bond donors (Lipinski definition) is 1. The van der Waals surface area contributed by atoms with E-state index in [1.54, 1.807) is 13.8 Å². The van der Waals surface area contributed by atoms with Crippen molar-refractivity contribution in [1.82, 2.24) is 4.90 Å². The second kappa shape index (κ2) is 8.68. The minimum absolute atomic E-state index is 0.169. The number of benzene rings is 1. The van der Waals surface area contributed by atoms with Gasteiger partial charge in [-0.3, -0.25) is 9.69 Å². The average molecular weight is 348 g/mol. The van der Waals surface area contributed by atoms with Crippen LogP contribution in [0.3, 0.4) is 0 Å². The van der Waals surface area contributed by atoms with E-state index in [0.29, 0.717) is 6.61 Å². The molecule has 2 rings (SSSR count). The summed E-state index contributed by atoms with van der Waals surface area (Å²) in [6, 6.07) is 7.47. The van der Waals surface area contributed by atoms with Crippen molar-refractivity contribution in [2.24, 2.45) is 11.8 Å². The number of carbonyl (C=O) groups excluding carboxylic acids is 1. The Kier molecular flexibility index (Phi) is 6.85. The Labute approximate surface area is 151 Å². The Bertz CT molecular complexity index is 547. The third kappa shape index (κ3) is 6.01. The molecule has 1 saturated heterocycles. The molecule has 140 valence electrons. The lowest BCUT2D eigenvalue weighted by Crippen LogP contribution is -2.40. The average Bonchev–Trinajstić information content (AvgIpc) is 2.55. The topological polar surface area (TPSA) is 50.8 Å². The molecule has 1 aromatic carbocycles. The van der Waals surface area contributed by atoms with Crippen LogP contribution in [-0.2, 0) is 9.53 Å². The maximum absolute atomic E-state index is 12.1. The Balaban J connectivity index is 1.78. The van der Waals surface area contributed by atoms with E-state index in [1.807, 2.05) is 24.3 Å². The lowest BCUT2D eigenvalue weighted by Gasteiger charge is -2.34. The van der Waals surface area contributed by atoms with Crippen molar-refractivity contribution in [2.75, 3.05) is 38.7 Å². The zero-order chi connectivity index (χ0) is 18.4. The lowest BCUT2D eigenvalue weighted by molar-refractivity contribution is -0.133. The summed E-state index contributed by atoms with van der Waals surface area (Å²) < 4.78 is 11.0. The number of likely N-dealkylation sites (tertiary alicyclic amines) is 1. The van der Waals surface area contributed by atoms with Gasteiger partial charge in [-0.25, -0.2) is 0 Å². The van der Waals surface area contributed by atoms with Gasteiger partial charge in [-0.15, -0.1) is 0 Å². The predicted molar refractivity (Wildman–Crippen MR) is 101 cm³/mol. The highest BCUT2D eigenvalue weighted by Gasteiger charge is 2.26. The van der Waals surface area contributed by atoms with Crippen LogP contribution in [0.4, 0.5) is 5.69 Å². The van der Waals surface area contributed by atoms with Gasteiger partial charge in [0.1, 0.15) is 18.0 Å². The van der Waals surface area contributed by atoms with Gasteiger partial charge in [0.15, 0.2) is 0 Å². The van der Waals surface area contributed by atoms with E-state index in [0.717, 1.165) is 42.9 Å². The fourth-order valence-corrected chi connectivity index (χ4v) is 3.28. The van der Waals surface area contributed by atoms with Gasteiger partial charge >= 0.3 is 0 Å². The van der Waals surface area contributed by atoms with Crippen LogP contribution in [0.2, 0.25) is 0 Å². The maximum Gasteiger partial charge on any atom is 0.256 e. The van der Waals surface area contributed by atoms with E-state index >= 15 is 0 Å². The van der Waals surface area contributed by atoms with E-state index < -0.39 is 5.60 Å². The number of nitrogens with zero attached hydrogens (tertiary/aromatic N) is 1. The molecule has 0 saturated carbocycles. The quantitative estimate of drug-likeness (QED) is 0.820. The molecule has 0 bridgehead atoms. The lowest BCUT2D eigenvalue weighted by atomic mass is 9.92. The molecule has 1 N–H and O–H groups in total. The van der Waals surface area contributed by atoms with E-state index in [2.05, 4.69) is 24.1 Å². The minimum atomic E-state index is -0.849. The van der Waals surface area contributed by atoms with Crippen molar-refractivity contribution < 1.29 is 14.3 Å². The van der Waals surface area contributed by atoms with Crippen LogP contribution < -0.4 is 10.1 Å². The van der Waals surface area contributed by atoms with E-state index in [4.69, 9.17) is 9.47 Å². The Morgan fingerprint density at radius 1 is 1.20 bits per heavy atom. The van der Waals surface area contributed by atoms with Gasteiger partial charge in [-0.2, -0.15) is 0 Å². The van der Waals surface area contributed by atoms with Gasteiger partial charge in [0, 0.05) is 32.4 Å². The molecule has 1 aliphatic heterocycles. The van der Waals surface area contributed by atoms with Crippen LogP contribution >= 0.6 is 0 Å². The summed E-state index contributed by atoms with van der Waals surface area (Å²) in [6.45, 7) is 12.1. The molecule has 0 radical (unpaired) electrons. The molecule has 1 heterocycles. The van der Waals surface area contributed by atoms with Crippen molar-refractivity contribution in [3.63, 3.8) is 0 Å². The van der Waals surface area contributed by atoms with Crippen LogP contribution in [0.5, 0.6) is 5.75 Å². The first-order valence-electron chi connectivity index (χ1n) is 9.12. The number of methoxy groups -OCH3 is 1. The van der Waals surface area contributed by atoms with Gasteiger partial charge in [-0.1, -0.05) is 13.8 Å². The first-order chi connectivity index (χ1) is 11.8. The second-order valence-electron chi connectivity index (χ2n) is 7.75. The molecule has 0 spiro atoms. The second-order valence-corrected chi connectivity index (χ2v) is 7.75. The van der Waals surface area contributed by atoms with E-state index in [1.165, 1.54) is 13.5 Å². The molecule has 0 aliphatic carbocycles. The summed E-state index contributed by atoms with van der Waals surface area (Å²) in [5, 5.41) is 2.85. The highest BCUT2D eigenvalue weighted by atomic mass is 16.5. The summed E-state index contributed by atoms with van der Waals surface area (Å²) >= 11 is 0. The molecule has 1 aromatic rings. The fraction of sp³-hybridized carbons (Fsp3) is 0.650. The van der Waals surface area contributed by atoms with Crippen molar-refractivity contribution in [3.05, 3.63) is 24.3 Å². The summed E-state index contributed by atoms with van der Waals surface area (Å²) in [4.78, 5) is 14.6.